The topological polar surface area (TPSA) is 156 Å². The molecule has 6 N–H and O–H groups in total. The number of aliphatic carboxylic acids is 2. The largest absolute Gasteiger partial charge is 0.478 e. The first kappa shape index (κ1) is 21.5. The zero-order valence-electron chi connectivity index (χ0n) is 9.64. The van der Waals surface area contributed by atoms with Crippen molar-refractivity contribution in [2.45, 2.75) is 12.2 Å². The Kier molecular flexibility index (Phi) is 18.3. The van der Waals surface area contributed by atoms with Gasteiger partial charge in [-0.15, -0.1) is 0 Å². The van der Waals surface area contributed by atoms with Gasteiger partial charge in [-0.3, -0.25) is 0 Å². The molecule has 0 aliphatic rings. The van der Waals surface area contributed by atoms with Crippen molar-refractivity contribution in [1.82, 2.24) is 0 Å². The van der Waals surface area contributed by atoms with Crippen LogP contribution in [0.15, 0.2) is 25.3 Å². The second-order valence-electron chi connectivity index (χ2n) is 2.58. The van der Waals surface area contributed by atoms with Crippen LogP contribution in [-0.2, 0) is 9.59 Å². The normalized spacial score (nSPS) is 11.6. The van der Waals surface area contributed by atoms with Crippen molar-refractivity contribution in [2.24, 2.45) is 0 Å². The molecule has 8 heteroatoms. The molecule has 0 saturated heterocycles. The number of aliphatic hydroxyl groups is 4. The van der Waals surface area contributed by atoms with Crippen LogP contribution in [0.25, 0.3) is 0 Å². The summed E-state index contributed by atoms with van der Waals surface area (Å²) < 4.78 is 0. The van der Waals surface area contributed by atoms with Crippen molar-refractivity contribution >= 4 is 11.9 Å². The summed E-state index contributed by atoms with van der Waals surface area (Å²) in [6.07, 6.45) is -0.778. The molecular weight excluding hydrogens is 248 g/mol. The summed E-state index contributed by atoms with van der Waals surface area (Å²) in [5.74, 6) is -1.96. The lowest BCUT2D eigenvalue weighted by atomic mass is 10.2. The first-order chi connectivity index (χ1) is 8.26. The predicted molar refractivity (Wildman–Crippen MR) is 61.9 cm³/mol. The van der Waals surface area contributed by atoms with Gasteiger partial charge in [-0.2, -0.15) is 0 Å². The molecule has 0 bridgehead atoms. The number of hydrogen-bond acceptors (Lipinski definition) is 6. The highest BCUT2D eigenvalue weighted by molar-refractivity contribution is 5.79. The highest BCUT2D eigenvalue weighted by Gasteiger charge is 2.12. The number of carboxylic acid groups (broad SMARTS) is 2. The van der Waals surface area contributed by atoms with E-state index < -0.39 is 37.4 Å². The lowest BCUT2D eigenvalue weighted by Crippen LogP contribution is -2.31. The van der Waals surface area contributed by atoms with Crippen LogP contribution in [0.2, 0.25) is 0 Å². The molecule has 0 spiro atoms. The standard InChI is InChI=1S/C4H10O4.2C3H4O2/c5-1-3(7)4(8)2-6;2*1-2-3(4)5/h3-8H,1-2H2;2*2H,1H2,(H,4,5)/t3-,4+;;. The Morgan fingerprint density at radius 3 is 1.11 bits per heavy atom. The molecule has 0 aromatic carbocycles. The Bertz CT molecular complexity index is 224. The number of carboxylic acids is 2. The molecule has 0 amide bonds. The molecule has 0 heterocycles. The van der Waals surface area contributed by atoms with Crippen molar-refractivity contribution in [3.05, 3.63) is 25.3 Å². The zero-order valence-corrected chi connectivity index (χ0v) is 9.64. The summed E-state index contributed by atoms with van der Waals surface area (Å²) in [4.78, 5) is 18.5. The molecule has 0 aliphatic heterocycles. The minimum atomic E-state index is -1.22. The van der Waals surface area contributed by atoms with E-state index in [0.717, 1.165) is 12.2 Å². The maximum atomic E-state index is 9.25. The van der Waals surface area contributed by atoms with Crippen molar-refractivity contribution in [2.75, 3.05) is 13.2 Å². The second-order valence-corrected chi connectivity index (χ2v) is 2.58. The van der Waals surface area contributed by atoms with Crippen LogP contribution < -0.4 is 0 Å². The summed E-state index contributed by atoms with van der Waals surface area (Å²) in [5.41, 5.74) is 0. The van der Waals surface area contributed by atoms with Gasteiger partial charge in [-0.25, -0.2) is 9.59 Å². The van der Waals surface area contributed by atoms with E-state index in [-0.39, 0.29) is 0 Å². The Labute approximate surface area is 104 Å². The number of rotatable bonds is 5. The van der Waals surface area contributed by atoms with Gasteiger partial charge in [0.15, 0.2) is 0 Å². The van der Waals surface area contributed by atoms with Crippen LogP contribution in [0.3, 0.4) is 0 Å². The van der Waals surface area contributed by atoms with Gasteiger partial charge in [-0.05, 0) is 0 Å². The van der Waals surface area contributed by atoms with E-state index in [2.05, 4.69) is 13.2 Å². The minimum absolute atomic E-state index is 0.526. The second kappa shape index (κ2) is 15.3. The Hall–Kier alpha value is -1.74. The molecule has 0 saturated carbocycles. The Balaban J connectivity index is -0.000000197. The van der Waals surface area contributed by atoms with Crippen LogP contribution in [0.5, 0.6) is 0 Å². The summed E-state index contributed by atoms with van der Waals surface area (Å²) in [6, 6.07) is 0. The molecule has 0 rings (SSSR count). The average Bonchev–Trinajstić information content (AvgIpc) is 2.37. The van der Waals surface area contributed by atoms with Gasteiger partial charge < -0.3 is 30.6 Å². The summed E-state index contributed by atoms with van der Waals surface area (Å²) >= 11 is 0. The molecule has 0 fully saturated rings. The first-order valence-electron chi connectivity index (χ1n) is 4.55. The molecule has 8 nitrogen and oxygen atoms in total. The van der Waals surface area contributed by atoms with Crippen LogP contribution in [0.4, 0.5) is 0 Å². The molecule has 106 valence electrons. The van der Waals surface area contributed by atoms with Gasteiger partial charge >= 0.3 is 11.9 Å². The van der Waals surface area contributed by atoms with E-state index in [9.17, 15) is 9.59 Å². The van der Waals surface area contributed by atoms with Gasteiger partial charge in [0.2, 0.25) is 0 Å². The first-order valence-corrected chi connectivity index (χ1v) is 4.55. The van der Waals surface area contributed by atoms with Crippen molar-refractivity contribution < 1.29 is 40.2 Å². The summed E-state index contributed by atoms with van der Waals surface area (Å²) in [6.45, 7) is 4.87. The Morgan fingerprint density at radius 2 is 1.06 bits per heavy atom. The maximum Gasteiger partial charge on any atom is 0.327 e. The van der Waals surface area contributed by atoms with E-state index >= 15 is 0 Å². The van der Waals surface area contributed by atoms with Crippen LogP contribution >= 0.6 is 0 Å². The minimum Gasteiger partial charge on any atom is -0.478 e. The van der Waals surface area contributed by atoms with Crippen molar-refractivity contribution in [3.63, 3.8) is 0 Å². The lowest BCUT2D eigenvalue weighted by Gasteiger charge is -2.10. The quantitative estimate of drug-likeness (QED) is 0.318. The fourth-order valence-electron chi connectivity index (χ4n) is 0.243. The van der Waals surface area contributed by atoms with Crippen LogP contribution in [0, 0.1) is 0 Å². The van der Waals surface area contributed by atoms with Crippen molar-refractivity contribution in [1.29, 1.82) is 0 Å². The molecule has 0 aromatic rings. The summed E-state index contributed by atoms with van der Waals surface area (Å²) in [5, 5.41) is 48.4. The average molecular weight is 266 g/mol. The molecule has 2 atom stereocenters. The third-order valence-electron chi connectivity index (χ3n) is 1.17. The van der Waals surface area contributed by atoms with Gasteiger partial charge in [0.05, 0.1) is 13.2 Å². The zero-order chi connectivity index (χ0) is 15.1. The van der Waals surface area contributed by atoms with Crippen LogP contribution in [-0.4, -0.2) is 68.0 Å². The van der Waals surface area contributed by atoms with Crippen LogP contribution in [0.1, 0.15) is 0 Å². The lowest BCUT2D eigenvalue weighted by molar-refractivity contribution is -0.132. The number of hydrogen-bond donors (Lipinski definition) is 6. The van der Waals surface area contributed by atoms with Gasteiger partial charge in [0.1, 0.15) is 12.2 Å². The van der Waals surface area contributed by atoms with Gasteiger partial charge in [0.25, 0.3) is 0 Å². The van der Waals surface area contributed by atoms with E-state index in [1.54, 1.807) is 0 Å². The van der Waals surface area contributed by atoms with E-state index in [1.807, 2.05) is 0 Å². The van der Waals surface area contributed by atoms with Crippen molar-refractivity contribution in [3.8, 4) is 0 Å². The third-order valence-corrected chi connectivity index (χ3v) is 1.17. The molecule has 0 aliphatic carbocycles. The van der Waals surface area contributed by atoms with Gasteiger partial charge in [-0.1, -0.05) is 13.2 Å². The fraction of sp³-hybridized carbons (Fsp3) is 0.400. The van der Waals surface area contributed by atoms with E-state index in [0.29, 0.717) is 0 Å². The molecule has 0 aromatic heterocycles. The predicted octanol–water partition coefficient (Wildman–Crippen LogP) is -1.79. The molecule has 0 radical (unpaired) electrons. The van der Waals surface area contributed by atoms with Gasteiger partial charge in [0, 0.05) is 12.2 Å². The molecule has 0 unspecified atom stereocenters. The monoisotopic (exact) mass is 266 g/mol. The van der Waals surface area contributed by atoms with E-state index in [1.165, 1.54) is 0 Å². The van der Waals surface area contributed by atoms with E-state index in [4.69, 9.17) is 30.6 Å². The highest BCUT2D eigenvalue weighted by atomic mass is 16.4. The number of carbonyl (C=O) groups is 2. The molecular formula is C10H18O8. The maximum absolute atomic E-state index is 9.25. The SMILES string of the molecule is C=CC(=O)O.C=CC(=O)O.OC[C@@H](O)[C@@H](O)CO. The highest BCUT2D eigenvalue weighted by Crippen LogP contribution is 1.88. The third kappa shape index (κ3) is 23.8. The summed E-state index contributed by atoms with van der Waals surface area (Å²) in [7, 11) is 0. The fourth-order valence-corrected chi connectivity index (χ4v) is 0.243. The smallest absolute Gasteiger partial charge is 0.327 e. The number of aliphatic hydroxyl groups excluding tert-OH is 4. The molecule has 18 heavy (non-hydrogen) atoms. The Morgan fingerprint density at radius 1 is 0.889 bits per heavy atom.